The lowest BCUT2D eigenvalue weighted by atomic mass is 10.2. The topological polar surface area (TPSA) is 55.2 Å². The van der Waals surface area contributed by atoms with Crippen molar-refractivity contribution in [2.75, 3.05) is 5.32 Å². The molecule has 0 aliphatic heterocycles. The Hall–Kier alpha value is -1.84. The van der Waals surface area contributed by atoms with Crippen molar-refractivity contribution < 1.29 is 4.92 Å². The predicted molar refractivity (Wildman–Crippen MR) is 61.0 cm³/mol. The smallest absolute Gasteiger partial charge is 0.269 e. The van der Waals surface area contributed by atoms with Crippen molar-refractivity contribution in [3.8, 4) is 0 Å². The molecule has 0 heterocycles. The number of hydrogen-bond donors (Lipinski definition) is 1. The van der Waals surface area contributed by atoms with E-state index in [0.29, 0.717) is 0 Å². The van der Waals surface area contributed by atoms with Crippen LogP contribution in [0.5, 0.6) is 0 Å². The van der Waals surface area contributed by atoms with E-state index in [1.165, 1.54) is 12.1 Å². The van der Waals surface area contributed by atoms with Crippen molar-refractivity contribution >= 4 is 11.4 Å². The molecule has 0 aliphatic carbocycles. The quantitative estimate of drug-likeness (QED) is 0.457. The van der Waals surface area contributed by atoms with Crippen molar-refractivity contribution in [3.63, 3.8) is 0 Å². The van der Waals surface area contributed by atoms with Crippen LogP contribution < -0.4 is 5.32 Å². The first kappa shape index (κ1) is 11.2. The molecule has 4 nitrogen and oxygen atoms in total. The summed E-state index contributed by atoms with van der Waals surface area (Å²) < 4.78 is 0. The standard InChI is InChI=1S/C11H14N2O2/c1-3-4-9(2)12-10-5-7-11(8-6-10)13(14)15/h3,5-9,12H,1,4H2,2H3. The third-order valence-electron chi connectivity index (χ3n) is 2.01. The molecule has 0 spiro atoms. The maximum atomic E-state index is 10.4. The van der Waals surface area contributed by atoms with E-state index in [1.807, 2.05) is 13.0 Å². The highest BCUT2D eigenvalue weighted by Gasteiger charge is 2.04. The summed E-state index contributed by atoms with van der Waals surface area (Å²) in [4.78, 5) is 10.0. The summed E-state index contributed by atoms with van der Waals surface area (Å²) in [5, 5.41) is 13.6. The minimum Gasteiger partial charge on any atom is -0.382 e. The van der Waals surface area contributed by atoms with E-state index in [4.69, 9.17) is 0 Å². The van der Waals surface area contributed by atoms with Gasteiger partial charge in [-0.25, -0.2) is 0 Å². The van der Waals surface area contributed by atoms with Gasteiger partial charge in [0.1, 0.15) is 0 Å². The Morgan fingerprint density at radius 2 is 2.13 bits per heavy atom. The van der Waals surface area contributed by atoms with Crippen molar-refractivity contribution in [2.45, 2.75) is 19.4 Å². The van der Waals surface area contributed by atoms with Crippen molar-refractivity contribution in [3.05, 3.63) is 47.0 Å². The molecule has 1 aromatic carbocycles. The molecule has 1 atom stereocenters. The minimum atomic E-state index is -0.406. The van der Waals surface area contributed by atoms with Gasteiger partial charge in [0.2, 0.25) is 0 Å². The first-order valence-corrected chi connectivity index (χ1v) is 4.75. The van der Waals surface area contributed by atoms with Gasteiger partial charge in [0, 0.05) is 23.9 Å². The molecule has 1 unspecified atom stereocenters. The highest BCUT2D eigenvalue weighted by molar-refractivity contribution is 5.49. The van der Waals surface area contributed by atoms with Crippen LogP contribution in [0.3, 0.4) is 0 Å². The maximum Gasteiger partial charge on any atom is 0.269 e. The van der Waals surface area contributed by atoms with Crippen LogP contribution in [0.4, 0.5) is 11.4 Å². The van der Waals surface area contributed by atoms with E-state index in [1.54, 1.807) is 12.1 Å². The van der Waals surface area contributed by atoms with E-state index in [0.717, 1.165) is 12.1 Å². The Kier molecular flexibility index (Phi) is 3.85. The lowest BCUT2D eigenvalue weighted by Crippen LogP contribution is -2.13. The molecular formula is C11H14N2O2. The van der Waals surface area contributed by atoms with Gasteiger partial charge in [0.15, 0.2) is 0 Å². The highest BCUT2D eigenvalue weighted by atomic mass is 16.6. The van der Waals surface area contributed by atoms with Gasteiger partial charge in [-0.05, 0) is 25.5 Å². The molecule has 0 saturated carbocycles. The predicted octanol–water partition coefficient (Wildman–Crippen LogP) is 2.97. The monoisotopic (exact) mass is 206 g/mol. The molecule has 0 fully saturated rings. The number of nitro benzene ring substituents is 1. The molecule has 15 heavy (non-hydrogen) atoms. The van der Waals surface area contributed by atoms with Gasteiger partial charge in [-0.3, -0.25) is 10.1 Å². The molecule has 0 aliphatic rings. The van der Waals surface area contributed by atoms with Crippen LogP contribution in [0.25, 0.3) is 0 Å². The van der Waals surface area contributed by atoms with Gasteiger partial charge < -0.3 is 5.32 Å². The molecule has 1 N–H and O–H groups in total. The lowest BCUT2D eigenvalue weighted by Gasteiger charge is -2.12. The SMILES string of the molecule is C=CCC(C)Nc1ccc([N+](=O)[O-])cc1. The number of benzene rings is 1. The summed E-state index contributed by atoms with van der Waals surface area (Å²) in [6.45, 7) is 5.68. The third kappa shape index (κ3) is 3.42. The molecule has 0 amide bonds. The molecule has 4 heteroatoms. The maximum absolute atomic E-state index is 10.4. The number of non-ortho nitro benzene ring substituents is 1. The third-order valence-corrected chi connectivity index (χ3v) is 2.01. The molecule has 80 valence electrons. The Morgan fingerprint density at radius 1 is 1.53 bits per heavy atom. The summed E-state index contributed by atoms with van der Waals surface area (Å²) in [6, 6.07) is 6.67. The van der Waals surface area contributed by atoms with Gasteiger partial charge in [0.25, 0.3) is 5.69 Å². The van der Waals surface area contributed by atoms with Crippen LogP contribution in [0.15, 0.2) is 36.9 Å². The number of anilines is 1. The second-order valence-corrected chi connectivity index (χ2v) is 3.37. The van der Waals surface area contributed by atoms with Crippen LogP contribution in [-0.2, 0) is 0 Å². The summed E-state index contributed by atoms with van der Waals surface area (Å²) in [7, 11) is 0. The average Bonchev–Trinajstić information content (AvgIpc) is 2.18. The van der Waals surface area contributed by atoms with E-state index in [9.17, 15) is 10.1 Å². The fraction of sp³-hybridized carbons (Fsp3) is 0.273. The first-order chi connectivity index (χ1) is 7.13. The van der Waals surface area contributed by atoms with Crippen molar-refractivity contribution in [1.29, 1.82) is 0 Å². The van der Waals surface area contributed by atoms with Crippen LogP contribution in [0.2, 0.25) is 0 Å². The fourth-order valence-electron chi connectivity index (χ4n) is 1.27. The Labute approximate surface area is 88.8 Å². The lowest BCUT2D eigenvalue weighted by molar-refractivity contribution is -0.384. The number of nitro groups is 1. The van der Waals surface area contributed by atoms with E-state index in [2.05, 4.69) is 11.9 Å². The van der Waals surface area contributed by atoms with Gasteiger partial charge in [-0.15, -0.1) is 6.58 Å². The van der Waals surface area contributed by atoms with Gasteiger partial charge in [-0.1, -0.05) is 6.08 Å². The molecule has 0 bridgehead atoms. The number of rotatable bonds is 5. The zero-order valence-electron chi connectivity index (χ0n) is 8.64. The zero-order chi connectivity index (χ0) is 11.3. The van der Waals surface area contributed by atoms with Crippen molar-refractivity contribution in [2.24, 2.45) is 0 Å². The first-order valence-electron chi connectivity index (χ1n) is 4.75. The zero-order valence-corrected chi connectivity index (χ0v) is 8.64. The second-order valence-electron chi connectivity index (χ2n) is 3.37. The summed E-state index contributed by atoms with van der Waals surface area (Å²) >= 11 is 0. The molecular weight excluding hydrogens is 192 g/mol. The largest absolute Gasteiger partial charge is 0.382 e. The Morgan fingerprint density at radius 3 is 2.60 bits per heavy atom. The van der Waals surface area contributed by atoms with E-state index in [-0.39, 0.29) is 11.7 Å². The summed E-state index contributed by atoms with van der Waals surface area (Å²) in [5.74, 6) is 0. The second kappa shape index (κ2) is 5.14. The van der Waals surface area contributed by atoms with E-state index < -0.39 is 4.92 Å². The summed E-state index contributed by atoms with van der Waals surface area (Å²) in [6.07, 6.45) is 2.69. The van der Waals surface area contributed by atoms with Crippen LogP contribution in [0, 0.1) is 10.1 Å². The fourth-order valence-corrected chi connectivity index (χ4v) is 1.27. The van der Waals surface area contributed by atoms with Crippen LogP contribution in [0.1, 0.15) is 13.3 Å². The molecule has 0 radical (unpaired) electrons. The molecule has 0 aromatic heterocycles. The summed E-state index contributed by atoms with van der Waals surface area (Å²) in [5.41, 5.74) is 0.992. The average molecular weight is 206 g/mol. The molecule has 1 rings (SSSR count). The molecule has 0 saturated heterocycles. The van der Waals surface area contributed by atoms with Gasteiger partial charge >= 0.3 is 0 Å². The number of hydrogen-bond acceptors (Lipinski definition) is 3. The number of nitrogens with one attached hydrogen (secondary N) is 1. The Bertz CT molecular complexity index is 346. The minimum absolute atomic E-state index is 0.108. The number of nitrogens with zero attached hydrogens (tertiary/aromatic N) is 1. The Balaban J connectivity index is 2.64. The molecule has 1 aromatic rings. The highest BCUT2D eigenvalue weighted by Crippen LogP contribution is 2.16. The van der Waals surface area contributed by atoms with Crippen LogP contribution >= 0.6 is 0 Å². The van der Waals surface area contributed by atoms with Crippen molar-refractivity contribution in [1.82, 2.24) is 0 Å². The van der Waals surface area contributed by atoms with E-state index >= 15 is 0 Å². The van der Waals surface area contributed by atoms with Gasteiger partial charge in [0.05, 0.1) is 4.92 Å². The van der Waals surface area contributed by atoms with Gasteiger partial charge in [-0.2, -0.15) is 0 Å². The van der Waals surface area contributed by atoms with Crippen LogP contribution in [-0.4, -0.2) is 11.0 Å². The normalized spacial score (nSPS) is 11.8.